The van der Waals surface area contributed by atoms with Gasteiger partial charge >= 0.3 is 12.0 Å². The largest absolute Gasteiger partial charge is 0.455 e. The first-order valence-corrected chi connectivity index (χ1v) is 9.69. The number of amides is 3. The molecule has 0 radical (unpaired) electrons. The molecule has 0 atom stereocenters. The molecule has 0 spiro atoms. The second-order valence-corrected chi connectivity index (χ2v) is 8.88. The van der Waals surface area contributed by atoms with Crippen LogP contribution in [0, 0.1) is 0 Å². The first-order valence-electron chi connectivity index (χ1n) is 7.42. The monoisotopic (exact) mass is 449 g/mol. The highest BCUT2D eigenvalue weighted by molar-refractivity contribution is 9.10. The van der Waals surface area contributed by atoms with Gasteiger partial charge in [-0.2, -0.15) is 4.72 Å². The molecule has 1 aromatic rings. The number of ether oxygens (including phenoxy) is 1. The van der Waals surface area contributed by atoms with E-state index in [1.165, 1.54) is 18.2 Å². The Labute approximate surface area is 160 Å². The van der Waals surface area contributed by atoms with Crippen molar-refractivity contribution in [2.75, 3.05) is 13.2 Å². The molecule has 0 aromatic heterocycles. The first-order chi connectivity index (χ1) is 11.9. The van der Waals surface area contributed by atoms with Crippen molar-refractivity contribution >= 4 is 43.9 Å². The lowest BCUT2D eigenvalue weighted by atomic mass is 10.1. The van der Waals surface area contributed by atoms with E-state index in [9.17, 15) is 22.8 Å². The van der Waals surface area contributed by atoms with Gasteiger partial charge in [-0.25, -0.2) is 13.2 Å². The molecule has 0 unspecified atom stereocenters. The molecule has 144 valence electrons. The number of carbonyl (C=O) groups excluding carboxylic acids is 3. The summed E-state index contributed by atoms with van der Waals surface area (Å²) in [6, 6.07) is 5.19. The Morgan fingerprint density at radius 1 is 1.19 bits per heavy atom. The number of carbonyl (C=O) groups is 3. The Morgan fingerprint density at radius 3 is 2.42 bits per heavy atom. The summed E-state index contributed by atoms with van der Waals surface area (Å²) in [7, 11) is -3.90. The minimum atomic E-state index is -3.90. The Balaban J connectivity index is 2.43. The van der Waals surface area contributed by atoms with Gasteiger partial charge in [0.1, 0.15) is 6.54 Å². The minimum absolute atomic E-state index is 0.0312. The molecule has 1 aromatic carbocycles. The fourth-order valence-electron chi connectivity index (χ4n) is 1.60. The third-order valence-electron chi connectivity index (χ3n) is 2.62. The first kappa shape index (κ1) is 22.1. The van der Waals surface area contributed by atoms with Crippen LogP contribution in [-0.2, 0) is 24.3 Å². The van der Waals surface area contributed by atoms with E-state index in [1.54, 1.807) is 26.8 Å². The van der Waals surface area contributed by atoms with E-state index in [0.717, 1.165) is 0 Å². The van der Waals surface area contributed by atoms with Crippen molar-refractivity contribution in [3.05, 3.63) is 28.7 Å². The van der Waals surface area contributed by atoms with Gasteiger partial charge in [0.15, 0.2) is 6.61 Å². The number of imide groups is 1. The van der Waals surface area contributed by atoms with Gasteiger partial charge in [-0.05, 0) is 39.0 Å². The zero-order chi connectivity index (χ0) is 20.0. The molecule has 9 nitrogen and oxygen atoms in total. The van der Waals surface area contributed by atoms with Crippen molar-refractivity contribution in [2.24, 2.45) is 0 Å². The number of urea groups is 1. The fraction of sp³-hybridized carbons (Fsp3) is 0.400. The number of benzene rings is 1. The second-order valence-electron chi connectivity index (χ2n) is 6.19. The highest BCUT2D eigenvalue weighted by Gasteiger charge is 2.18. The summed E-state index contributed by atoms with van der Waals surface area (Å²) in [6.45, 7) is 3.82. The van der Waals surface area contributed by atoms with Gasteiger partial charge < -0.3 is 10.1 Å². The van der Waals surface area contributed by atoms with Crippen LogP contribution in [0.1, 0.15) is 20.8 Å². The molecular formula is C15H20BrN3O6S. The summed E-state index contributed by atoms with van der Waals surface area (Å²) in [4.78, 5) is 34.5. The van der Waals surface area contributed by atoms with Crippen LogP contribution in [0.5, 0.6) is 0 Å². The van der Waals surface area contributed by atoms with Crippen molar-refractivity contribution in [2.45, 2.75) is 31.2 Å². The quantitative estimate of drug-likeness (QED) is 0.552. The second kappa shape index (κ2) is 9.10. The Hall–Kier alpha value is -1.98. The predicted octanol–water partition coefficient (Wildman–Crippen LogP) is 0.895. The SMILES string of the molecule is CC(C)(C)NC(=O)NC(=O)COC(=O)CNS(=O)(=O)c1cccc(Br)c1. The average Bonchev–Trinajstić information content (AvgIpc) is 2.49. The zero-order valence-corrected chi connectivity index (χ0v) is 16.9. The van der Waals surface area contributed by atoms with Gasteiger partial charge in [0.05, 0.1) is 4.90 Å². The van der Waals surface area contributed by atoms with E-state index < -0.39 is 46.6 Å². The Kier molecular flexibility index (Phi) is 7.72. The maximum absolute atomic E-state index is 12.0. The van der Waals surface area contributed by atoms with Crippen LogP contribution < -0.4 is 15.4 Å². The van der Waals surface area contributed by atoms with Gasteiger partial charge in [-0.3, -0.25) is 14.9 Å². The van der Waals surface area contributed by atoms with E-state index >= 15 is 0 Å². The lowest BCUT2D eigenvalue weighted by Gasteiger charge is -2.20. The molecule has 0 aliphatic rings. The van der Waals surface area contributed by atoms with Crippen molar-refractivity contribution < 1.29 is 27.5 Å². The summed E-state index contributed by atoms with van der Waals surface area (Å²) >= 11 is 3.15. The van der Waals surface area contributed by atoms with E-state index in [-0.39, 0.29) is 4.90 Å². The van der Waals surface area contributed by atoms with E-state index in [1.807, 2.05) is 5.32 Å². The molecule has 3 amide bonds. The topological polar surface area (TPSA) is 131 Å². The van der Waals surface area contributed by atoms with Crippen molar-refractivity contribution in [3.63, 3.8) is 0 Å². The standard InChI is InChI=1S/C15H20BrN3O6S/c1-15(2,3)19-14(22)18-12(20)9-25-13(21)8-17-26(23,24)11-6-4-5-10(16)7-11/h4-7,17H,8-9H2,1-3H3,(H2,18,19,20,22). The van der Waals surface area contributed by atoms with E-state index in [0.29, 0.717) is 4.47 Å². The van der Waals surface area contributed by atoms with Crippen LogP contribution in [0.15, 0.2) is 33.6 Å². The maximum Gasteiger partial charge on any atom is 0.321 e. The van der Waals surface area contributed by atoms with Crippen LogP contribution in [-0.4, -0.2) is 45.0 Å². The lowest BCUT2D eigenvalue weighted by Crippen LogP contribution is -2.49. The van der Waals surface area contributed by atoms with Crippen molar-refractivity contribution in [1.82, 2.24) is 15.4 Å². The molecule has 0 fully saturated rings. The average molecular weight is 450 g/mol. The Morgan fingerprint density at radius 2 is 1.85 bits per heavy atom. The number of nitrogens with one attached hydrogen (secondary N) is 3. The van der Waals surface area contributed by atoms with Gasteiger partial charge in [0.2, 0.25) is 10.0 Å². The fourth-order valence-corrected chi connectivity index (χ4v) is 3.17. The molecular weight excluding hydrogens is 430 g/mol. The lowest BCUT2D eigenvalue weighted by molar-refractivity contribution is -0.147. The van der Waals surface area contributed by atoms with Gasteiger partial charge in [-0.15, -0.1) is 0 Å². The Bertz CT molecular complexity index is 789. The molecule has 0 aliphatic carbocycles. The smallest absolute Gasteiger partial charge is 0.321 e. The van der Waals surface area contributed by atoms with E-state index in [2.05, 4.69) is 30.7 Å². The van der Waals surface area contributed by atoms with Crippen LogP contribution in [0.2, 0.25) is 0 Å². The molecule has 0 saturated heterocycles. The third kappa shape index (κ3) is 8.41. The number of sulfonamides is 1. The molecule has 26 heavy (non-hydrogen) atoms. The summed E-state index contributed by atoms with van der Waals surface area (Å²) < 4.78 is 31.3. The van der Waals surface area contributed by atoms with Gasteiger partial charge in [-0.1, -0.05) is 22.0 Å². The molecule has 0 aliphatic heterocycles. The van der Waals surface area contributed by atoms with Crippen molar-refractivity contribution in [3.8, 4) is 0 Å². The number of hydrogen-bond acceptors (Lipinski definition) is 6. The van der Waals surface area contributed by atoms with Crippen molar-refractivity contribution in [1.29, 1.82) is 0 Å². The molecule has 1 rings (SSSR count). The highest BCUT2D eigenvalue weighted by atomic mass is 79.9. The van der Waals surface area contributed by atoms with Gasteiger partial charge in [0.25, 0.3) is 5.91 Å². The molecule has 11 heteroatoms. The zero-order valence-electron chi connectivity index (χ0n) is 14.5. The maximum atomic E-state index is 12.0. The molecule has 0 saturated carbocycles. The van der Waals surface area contributed by atoms with Crippen LogP contribution in [0.25, 0.3) is 0 Å². The molecule has 0 bridgehead atoms. The molecule has 3 N–H and O–H groups in total. The van der Waals surface area contributed by atoms with Crippen LogP contribution >= 0.6 is 15.9 Å². The number of esters is 1. The molecule has 0 heterocycles. The van der Waals surface area contributed by atoms with Crippen LogP contribution in [0.4, 0.5) is 4.79 Å². The highest BCUT2D eigenvalue weighted by Crippen LogP contribution is 2.15. The number of hydrogen-bond donors (Lipinski definition) is 3. The summed E-state index contributed by atoms with van der Waals surface area (Å²) in [5, 5.41) is 4.48. The number of rotatable bonds is 6. The summed E-state index contributed by atoms with van der Waals surface area (Å²) in [6.07, 6.45) is 0. The minimum Gasteiger partial charge on any atom is -0.455 e. The third-order valence-corrected chi connectivity index (χ3v) is 4.51. The van der Waals surface area contributed by atoms with Gasteiger partial charge in [0, 0.05) is 10.0 Å². The summed E-state index contributed by atoms with van der Waals surface area (Å²) in [5.74, 6) is -1.80. The summed E-state index contributed by atoms with van der Waals surface area (Å²) in [5.41, 5.74) is -0.536. The normalized spacial score (nSPS) is 11.5. The van der Waals surface area contributed by atoms with Crippen LogP contribution in [0.3, 0.4) is 0 Å². The predicted molar refractivity (Wildman–Crippen MR) is 96.7 cm³/mol. The van der Waals surface area contributed by atoms with E-state index in [4.69, 9.17) is 0 Å². The number of halogens is 1.